The van der Waals surface area contributed by atoms with Gasteiger partial charge < -0.3 is 0 Å². The first-order chi connectivity index (χ1) is 12.5. The number of pyridine rings is 1. The van der Waals surface area contributed by atoms with E-state index in [-0.39, 0.29) is 11.4 Å². The Morgan fingerprint density at radius 2 is 1.96 bits per heavy atom. The van der Waals surface area contributed by atoms with Crippen LogP contribution in [0.3, 0.4) is 0 Å². The maximum atomic E-state index is 12.9. The smallest absolute Gasteiger partial charge is 0.241 e. The first-order valence-corrected chi connectivity index (χ1v) is 8.94. The number of halogens is 1. The minimum absolute atomic E-state index is 0.0550. The number of sulfonamides is 1. The van der Waals surface area contributed by atoms with E-state index in [9.17, 15) is 12.8 Å². The molecule has 0 atom stereocenters. The van der Waals surface area contributed by atoms with Crippen molar-refractivity contribution in [3.63, 3.8) is 0 Å². The molecule has 0 radical (unpaired) electrons. The normalized spacial score (nSPS) is 11.2. The largest absolute Gasteiger partial charge is 0.256 e. The Kier molecular flexibility index (Phi) is 5.01. The van der Waals surface area contributed by atoms with E-state index in [1.165, 1.54) is 18.2 Å². The van der Waals surface area contributed by atoms with Crippen LogP contribution in [0.2, 0.25) is 0 Å². The van der Waals surface area contributed by atoms with Gasteiger partial charge in [-0.25, -0.2) is 17.5 Å². The molecule has 2 aromatic heterocycles. The molecule has 0 saturated heterocycles. The molecular weight excluding hydrogens is 359 g/mol. The van der Waals surface area contributed by atoms with Crippen molar-refractivity contribution in [1.29, 1.82) is 5.26 Å². The van der Waals surface area contributed by atoms with Crippen molar-refractivity contribution in [2.75, 3.05) is 6.54 Å². The second-order valence-electron chi connectivity index (χ2n) is 5.28. The fourth-order valence-electron chi connectivity index (χ4n) is 2.19. The SMILES string of the molecule is N#CCNS(=O)(=O)c1ccc(-c2cn(Cc3ccc(F)cn3)nn2)cc1. The topological polar surface area (TPSA) is 114 Å². The lowest BCUT2D eigenvalue weighted by Crippen LogP contribution is -2.23. The van der Waals surface area contributed by atoms with Crippen molar-refractivity contribution < 1.29 is 12.8 Å². The average Bonchev–Trinajstić information content (AvgIpc) is 3.11. The number of nitriles is 1. The molecule has 0 fully saturated rings. The van der Waals surface area contributed by atoms with Crippen LogP contribution in [0.4, 0.5) is 4.39 Å². The summed E-state index contributed by atoms with van der Waals surface area (Å²) in [5.41, 5.74) is 1.87. The van der Waals surface area contributed by atoms with Crippen molar-refractivity contribution in [3.05, 3.63) is 60.3 Å². The first-order valence-electron chi connectivity index (χ1n) is 7.45. The third-order valence-corrected chi connectivity index (χ3v) is 4.87. The van der Waals surface area contributed by atoms with Gasteiger partial charge in [-0.3, -0.25) is 4.98 Å². The zero-order valence-corrected chi connectivity index (χ0v) is 14.2. The van der Waals surface area contributed by atoms with Gasteiger partial charge in [0.2, 0.25) is 10.0 Å². The molecule has 3 aromatic rings. The van der Waals surface area contributed by atoms with E-state index in [0.717, 1.165) is 6.20 Å². The second kappa shape index (κ2) is 7.38. The van der Waals surface area contributed by atoms with Crippen LogP contribution >= 0.6 is 0 Å². The van der Waals surface area contributed by atoms with Crippen molar-refractivity contribution >= 4 is 10.0 Å². The molecule has 0 spiro atoms. The zero-order valence-electron chi connectivity index (χ0n) is 13.4. The van der Waals surface area contributed by atoms with Crippen molar-refractivity contribution in [2.45, 2.75) is 11.4 Å². The molecule has 132 valence electrons. The van der Waals surface area contributed by atoms with E-state index < -0.39 is 15.8 Å². The number of rotatable bonds is 6. The molecule has 1 N–H and O–H groups in total. The van der Waals surface area contributed by atoms with Crippen LogP contribution in [-0.4, -0.2) is 34.9 Å². The summed E-state index contributed by atoms with van der Waals surface area (Å²) >= 11 is 0. The minimum Gasteiger partial charge on any atom is -0.256 e. The van der Waals surface area contributed by atoms with E-state index in [2.05, 4.69) is 20.0 Å². The molecule has 0 aliphatic carbocycles. The van der Waals surface area contributed by atoms with Crippen molar-refractivity contribution in [1.82, 2.24) is 24.7 Å². The van der Waals surface area contributed by atoms with E-state index in [1.807, 2.05) is 0 Å². The Bertz CT molecular complexity index is 1040. The highest BCUT2D eigenvalue weighted by atomic mass is 32.2. The summed E-state index contributed by atoms with van der Waals surface area (Å²) in [5, 5.41) is 16.5. The molecule has 3 rings (SSSR count). The molecule has 0 aliphatic rings. The van der Waals surface area contributed by atoms with E-state index in [0.29, 0.717) is 23.5 Å². The van der Waals surface area contributed by atoms with Crippen LogP contribution in [-0.2, 0) is 16.6 Å². The van der Waals surface area contributed by atoms with Crippen LogP contribution in [0.5, 0.6) is 0 Å². The van der Waals surface area contributed by atoms with Crippen LogP contribution in [0.1, 0.15) is 5.69 Å². The number of nitrogens with one attached hydrogen (secondary N) is 1. The fraction of sp³-hybridized carbons (Fsp3) is 0.125. The van der Waals surface area contributed by atoms with Gasteiger partial charge in [-0.1, -0.05) is 17.3 Å². The number of benzene rings is 1. The van der Waals surface area contributed by atoms with Crippen LogP contribution in [0, 0.1) is 17.1 Å². The molecule has 8 nitrogen and oxygen atoms in total. The summed E-state index contributed by atoms with van der Waals surface area (Å²) in [6.45, 7) is 0.0354. The Morgan fingerprint density at radius 1 is 1.19 bits per heavy atom. The summed E-state index contributed by atoms with van der Waals surface area (Å²) < 4.78 is 40.5. The van der Waals surface area contributed by atoms with Gasteiger partial charge in [-0.2, -0.15) is 9.98 Å². The zero-order chi connectivity index (χ0) is 18.6. The molecule has 0 saturated carbocycles. The summed E-state index contributed by atoms with van der Waals surface area (Å²) in [4.78, 5) is 4.01. The summed E-state index contributed by atoms with van der Waals surface area (Å²) in [6, 6.07) is 10.7. The summed E-state index contributed by atoms with van der Waals surface area (Å²) in [7, 11) is -3.71. The van der Waals surface area contributed by atoms with Crippen LogP contribution in [0.15, 0.2) is 53.7 Å². The van der Waals surface area contributed by atoms with Gasteiger partial charge in [0.1, 0.15) is 11.5 Å². The molecule has 1 aromatic carbocycles. The number of hydrogen-bond donors (Lipinski definition) is 1. The van der Waals surface area contributed by atoms with Crippen molar-refractivity contribution in [3.8, 4) is 17.3 Å². The Balaban J connectivity index is 1.75. The Labute approximate surface area is 149 Å². The number of aromatic nitrogens is 4. The molecular formula is C16H13FN6O2S. The monoisotopic (exact) mass is 372 g/mol. The molecule has 10 heteroatoms. The highest BCUT2D eigenvalue weighted by Crippen LogP contribution is 2.19. The van der Waals surface area contributed by atoms with E-state index >= 15 is 0 Å². The van der Waals surface area contributed by atoms with Crippen LogP contribution < -0.4 is 4.72 Å². The average molecular weight is 372 g/mol. The molecule has 0 amide bonds. The lowest BCUT2D eigenvalue weighted by molar-refractivity contribution is 0.586. The second-order valence-corrected chi connectivity index (χ2v) is 7.04. The standard InChI is InChI=1S/C16H13FN6O2S/c17-13-3-4-14(19-9-13)10-23-11-16(21-22-23)12-1-5-15(6-2-12)26(24,25)20-8-7-18/h1-6,9,11,20H,8,10H2. The van der Waals surface area contributed by atoms with Gasteiger partial charge in [0.05, 0.1) is 42.1 Å². The third-order valence-electron chi connectivity index (χ3n) is 3.45. The van der Waals surface area contributed by atoms with Gasteiger partial charge in [-0.15, -0.1) is 5.10 Å². The molecule has 0 aliphatic heterocycles. The van der Waals surface area contributed by atoms with Crippen molar-refractivity contribution in [2.24, 2.45) is 0 Å². The van der Waals surface area contributed by atoms with Crippen LogP contribution in [0.25, 0.3) is 11.3 Å². The van der Waals surface area contributed by atoms with Gasteiger partial charge in [0.25, 0.3) is 0 Å². The lowest BCUT2D eigenvalue weighted by atomic mass is 10.2. The first kappa shape index (κ1) is 17.7. The van der Waals surface area contributed by atoms with Gasteiger partial charge in [-0.05, 0) is 24.3 Å². The molecule has 0 unspecified atom stereocenters. The quantitative estimate of drug-likeness (QED) is 0.653. The van der Waals surface area contributed by atoms with E-state index in [4.69, 9.17) is 5.26 Å². The predicted octanol–water partition coefficient (Wildman–Crippen LogP) is 1.33. The fourth-order valence-corrected chi connectivity index (χ4v) is 3.10. The number of hydrogen-bond acceptors (Lipinski definition) is 6. The highest BCUT2D eigenvalue weighted by molar-refractivity contribution is 7.89. The maximum absolute atomic E-state index is 12.9. The van der Waals surface area contributed by atoms with Gasteiger partial charge >= 0.3 is 0 Å². The lowest BCUT2D eigenvalue weighted by Gasteiger charge is -2.04. The minimum atomic E-state index is -3.71. The Morgan fingerprint density at radius 3 is 2.62 bits per heavy atom. The molecule has 2 heterocycles. The maximum Gasteiger partial charge on any atom is 0.241 e. The molecule has 26 heavy (non-hydrogen) atoms. The number of nitrogens with zero attached hydrogens (tertiary/aromatic N) is 5. The highest BCUT2D eigenvalue weighted by Gasteiger charge is 2.14. The summed E-state index contributed by atoms with van der Waals surface area (Å²) in [5.74, 6) is -0.410. The van der Waals surface area contributed by atoms with Gasteiger partial charge in [0, 0.05) is 5.56 Å². The van der Waals surface area contributed by atoms with Gasteiger partial charge in [0.15, 0.2) is 0 Å². The van der Waals surface area contributed by atoms with E-state index in [1.54, 1.807) is 35.1 Å². The summed E-state index contributed by atoms with van der Waals surface area (Å²) in [6.07, 6.45) is 2.81. The molecule has 0 bridgehead atoms. The predicted molar refractivity (Wildman–Crippen MR) is 89.6 cm³/mol. The third kappa shape index (κ3) is 4.08. The Hall–Kier alpha value is -3.16.